The molecule has 1 aromatic carbocycles. The summed E-state index contributed by atoms with van der Waals surface area (Å²) < 4.78 is 7.60. The monoisotopic (exact) mass is 465 g/mol. The van der Waals surface area contributed by atoms with Crippen molar-refractivity contribution in [3.8, 4) is 5.75 Å². The summed E-state index contributed by atoms with van der Waals surface area (Å²) in [6.45, 7) is 6.22. The number of aromatic nitrogens is 3. The fraction of sp³-hybridized carbons (Fsp3) is 0.400. The molecule has 2 aromatic heterocycles. The minimum atomic E-state index is -0.270. The zero-order valence-electron chi connectivity index (χ0n) is 19.3. The number of piperazine rings is 1. The summed E-state index contributed by atoms with van der Waals surface area (Å²) in [5.41, 5.74) is 3.50. The molecule has 0 atom stereocenters. The number of ether oxygens (including phenoxy) is 1. The molecule has 1 aliphatic heterocycles. The van der Waals surface area contributed by atoms with Crippen molar-refractivity contribution >= 4 is 17.9 Å². The Balaban J connectivity index is 1.16. The number of hydrogen-bond donors (Lipinski definition) is 0. The van der Waals surface area contributed by atoms with Crippen LogP contribution in [-0.2, 0) is 19.2 Å². The van der Waals surface area contributed by atoms with Crippen LogP contribution in [0.3, 0.4) is 0 Å². The molecular weight excluding hydrogens is 434 g/mol. The molecule has 1 amide bonds. The molecule has 0 aliphatic carbocycles. The molecule has 0 radical (unpaired) electrons. The first kappa shape index (κ1) is 23.3. The summed E-state index contributed by atoms with van der Waals surface area (Å²) in [5.74, 6) is 1.40. The summed E-state index contributed by atoms with van der Waals surface area (Å²) in [5, 5.41) is 0.983. The predicted molar refractivity (Wildman–Crippen MR) is 131 cm³/mol. The van der Waals surface area contributed by atoms with Crippen LogP contribution in [0.15, 0.2) is 60.1 Å². The zero-order valence-corrected chi connectivity index (χ0v) is 20.1. The van der Waals surface area contributed by atoms with Gasteiger partial charge in [-0.2, -0.15) is 0 Å². The van der Waals surface area contributed by atoms with Crippen LogP contribution < -0.4 is 4.74 Å². The van der Waals surface area contributed by atoms with E-state index in [1.54, 1.807) is 22.9 Å². The highest BCUT2D eigenvalue weighted by Crippen LogP contribution is 2.22. The third-order valence-electron chi connectivity index (χ3n) is 5.78. The van der Waals surface area contributed by atoms with Gasteiger partial charge in [-0.15, -0.1) is 0 Å². The van der Waals surface area contributed by atoms with Gasteiger partial charge in [-0.3, -0.25) is 9.88 Å². The maximum atomic E-state index is 12.6. The third kappa shape index (κ3) is 6.82. The summed E-state index contributed by atoms with van der Waals surface area (Å²) >= 11 is 1.68. The first-order chi connectivity index (χ1) is 16.1. The van der Waals surface area contributed by atoms with Gasteiger partial charge in [0.15, 0.2) is 5.16 Å². The normalized spacial score (nSPS) is 14.4. The van der Waals surface area contributed by atoms with Gasteiger partial charge >= 0.3 is 6.09 Å². The van der Waals surface area contributed by atoms with Crippen molar-refractivity contribution in [3.63, 3.8) is 0 Å². The van der Waals surface area contributed by atoms with E-state index in [1.165, 1.54) is 5.56 Å². The Morgan fingerprint density at radius 1 is 1.06 bits per heavy atom. The molecular formula is C25H31N5O2S. The number of hydrogen-bond acceptors (Lipinski definition) is 6. The fourth-order valence-electron chi connectivity index (χ4n) is 3.74. The van der Waals surface area contributed by atoms with E-state index >= 15 is 0 Å². The summed E-state index contributed by atoms with van der Waals surface area (Å²) in [6.07, 6.45) is 7.45. The van der Waals surface area contributed by atoms with Crippen molar-refractivity contribution < 1.29 is 9.53 Å². The second kappa shape index (κ2) is 11.3. The highest BCUT2D eigenvalue weighted by Gasteiger charge is 2.22. The summed E-state index contributed by atoms with van der Waals surface area (Å²) in [7, 11) is 1.99. The molecule has 3 heterocycles. The van der Waals surface area contributed by atoms with Crippen LogP contribution in [0.25, 0.3) is 0 Å². The number of nitrogens with zero attached hydrogens (tertiary/aromatic N) is 5. The Hall–Kier alpha value is -2.84. The van der Waals surface area contributed by atoms with E-state index < -0.39 is 0 Å². The van der Waals surface area contributed by atoms with Crippen molar-refractivity contribution in [2.45, 2.75) is 30.7 Å². The molecule has 1 fully saturated rings. The SMILES string of the molecule is Cc1ccc(CCCN2CCN(C(=O)Oc3ccc(CSc4nccn4C)cc3)CC2)nc1. The van der Waals surface area contributed by atoms with Gasteiger partial charge in [-0.1, -0.05) is 30.0 Å². The second-order valence-corrected chi connectivity index (χ2v) is 9.32. The molecule has 3 aromatic rings. The number of imidazole rings is 1. The lowest BCUT2D eigenvalue weighted by molar-refractivity contribution is 0.110. The molecule has 0 saturated carbocycles. The minimum Gasteiger partial charge on any atom is -0.410 e. The lowest BCUT2D eigenvalue weighted by Gasteiger charge is -2.34. The molecule has 7 nitrogen and oxygen atoms in total. The van der Waals surface area contributed by atoms with Gasteiger partial charge in [0.1, 0.15) is 5.75 Å². The standard InChI is InChI=1S/C25H31N5O2S/c1-20-5-8-22(27-18-20)4-3-12-29-14-16-30(17-15-29)25(31)32-23-9-6-21(7-10-23)19-33-24-26-11-13-28(24)2/h5-11,13,18H,3-4,12,14-17,19H2,1-2H3. The Morgan fingerprint density at radius 2 is 1.85 bits per heavy atom. The molecule has 1 aliphatic rings. The number of thioether (sulfide) groups is 1. The van der Waals surface area contributed by atoms with Crippen LogP contribution in [-0.4, -0.2) is 63.2 Å². The van der Waals surface area contributed by atoms with E-state index in [9.17, 15) is 4.79 Å². The molecule has 33 heavy (non-hydrogen) atoms. The summed E-state index contributed by atoms with van der Waals surface area (Å²) in [6, 6.07) is 11.9. The first-order valence-electron chi connectivity index (χ1n) is 11.4. The number of carbonyl (C=O) groups excluding carboxylic acids is 1. The molecule has 4 rings (SSSR count). The van der Waals surface area contributed by atoms with E-state index in [0.29, 0.717) is 18.8 Å². The van der Waals surface area contributed by atoms with E-state index in [1.807, 2.05) is 48.3 Å². The zero-order chi connectivity index (χ0) is 23.0. The van der Waals surface area contributed by atoms with Crippen molar-refractivity contribution in [1.29, 1.82) is 0 Å². The van der Waals surface area contributed by atoms with Crippen molar-refractivity contribution in [2.75, 3.05) is 32.7 Å². The van der Waals surface area contributed by atoms with Gasteiger partial charge in [0, 0.05) is 63.3 Å². The number of pyridine rings is 1. The molecule has 0 unspecified atom stereocenters. The number of amides is 1. The molecule has 1 saturated heterocycles. The molecule has 8 heteroatoms. The van der Waals surface area contributed by atoms with Gasteiger partial charge in [0.05, 0.1) is 0 Å². The lowest BCUT2D eigenvalue weighted by atomic mass is 10.2. The number of carbonyl (C=O) groups is 1. The largest absolute Gasteiger partial charge is 0.415 e. The maximum absolute atomic E-state index is 12.6. The van der Waals surface area contributed by atoms with Crippen LogP contribution in [0, 0.1) is 6.92 Å². The van der Waals surface area contributed by atoms with Crippen LogP contribution in [0.5, 0.6) is 5.75 Å². The Morgan fingerprint density at radius 3 is 2.52 bits per heavy atom. The Labute approximate surface area is 199 Å². The van der Waals surface area contributed by atoms with Crippen LogP contribution in [0.2, 0.25) is 0 Å². The number of benzene rings is 1. The number of rotatable bonds is 8. The average molecular weight is 466 g/mol. The van der Waals surface area contributed by atoms with Crippen molar-refractivity contribution in [2.24, 2.45) is 7.05 Å². The fourth-order valence-corrected chi connectivity index (χ4v) is 4.63. The Bertz CT molecular complexity index is 1030. The van der Waals surface area contributed by atoms with E-state index in [0.717, 1.165) is 54.6 Å². The highest BCUT2D eigenvalue weighted by atomic mass is 32.2. The molecule has 174 valence electrons. The third-order valence-corrected chi connectivity index (χ3v) is 6.91. The highest BCUT2D eigenvalue weighted by molar-refractivity contribution is 7.98. The van der Waals surface area contributed by atoms with Gasteiger partial charge in [-0.05, 0) is 55.6 Å². The van der Waals surface area contributed by atoms with Crippen molar-refractivity contribution in [1.82, 2.24) is 24.3 Å². The van der Waals surface area contributed by atoms with Gasteiger partial charge in [-0.25, -0.2) is 9.78 Å². The van der Waals surface area contributed by atoms with Gasteiger partial charge < -0.3 is 14.2 Å². The topological polar surface area (TPSA) is 63.5 Å². The minimum absolute atomic E-state index is 0.270. The lowest BCUT2D eigenvalue weighted by Crippen LogP contribution is -2.49. The van der Waals surface area contributed by atoms with Crippen LogP contribution in [0.4, 0.5) is 4.79 Å². The molecule has 0 N–H and O–H groups in total. The quantitative estimate of drug-likeness (QED) is 0.466. The van der Waals surface area contributed by atoms with Crippen LogP contribution in [0.1, 0.15) is 23.2 Å². The van der Waals surface area contributed by atoms with Gasteiger partial charge in [0.2, 0.25) is 0 Å². The molecule has 0 spiro atoms. The first-order valence-corrected chi connectivity index (χ1v) is 12.3. The van der Waals surface area contributed by atoms with Crippen LogP contribution >= 0.6 is 11.8 Å². The predicted octanol–water partition coefficient (Wildman–Crippen LogP) is 4.17. The van der Waals surface area contributed by atoms with E-state index in [-0.39, 0.29) is 6.09 Å². The summed E-state index contributed by atoms with van der Waals surface area (Å²) in [4.78, 5) is 25.6. The average Bonchev–Trinajstić information content (AvgIpc) is 3.25. The Kier molecular flexibility index (Phi) is 8.01. The van der Waals surface area contributed by atoms with Gasteiger partial charge in [0.25, 0.3) is 0 Å². The smallest absolute Gasteiger partial charge is 0.410 e. The van der Waals surface area contributed by atoms with Crippen molar-refractivity contribution in [3.05, 3.63) is 71.8 Å². The van der Waals surface area contributed by atoms with E-state index in [4.69, 9.17) is 4.74 Å². The molecule has 0 bridgehead atoms. The van der Waals surface area contributed by atoms with E-state index in [2.05, 4.69) is 33.9 Å². The second-order valence-electron chi connectivity index (χ2n) is 8.38. The maximum Gasteiger partial charge on any atom is 0.415 e. The number of aryl methyl sites for hydroxylation is 3.